The summed E-state index contributed by atoms with van der Waals surface area (Å²) in [6.07, 6.45) is 0. The van der Waals surface area contributed by atoms with Gasteiger partial charge in [0, 0.05) is 6.04 Å². The second-order valence-electron chi connectivity index (χ2n) is 1.45. The Morgan fingerprint density at radius 1 is 1.86 bits per heavy atom. The summed E-state index contributed by atoms with van der Waals surface area (Å²) in [6, 6.07) is 0.181. The van der Waals surface area contributed by atoms with Gasteiger partial charge in [-0.2, -0.15) is 5.48 Å². The summed E-state index contributed by atoms with van der Waals surface area (Å²) in [5.41, 5.74) is 2.68. The van der Waals surface area contributed by atoms with E-state index in [1.165, 1.54) is 0 Å². The molecule has 0 saturated heterocycles. The molecule has 1 N–H and O–H groups in total. The van der Waals surface area contributed by atoms with Crippen molar-refractivity contribution in [2.75, 3.05) is 6.61 Å². The molecule has 0 amide bonds. The molecular weight excluding hydrogens is 90.1 g/mol. The van der Waals surface area contributed by atoms with Gasteiger partial charge in [0.15, 0.2) is 0 Å². The Morgan fingerprint density at radius 3 is 2.57 bits per heavy atom. The van der Waals surface area contributed by atoms with Crippen LogP contribution < -0.4 is 5.48 Å². The molecule has 0 spiro atoms. The van der Waals surface area contributed by atoms with Crippen LogP contribution in [0.25, 0.3) is 0 Å². The molecule has 0 rings (SSSR count). The van der Waals surface area contributed by atoms with E-state index < -0.39 is 0 Å². The van der Waals surface area contributed by atoms with Gasteiger partial charge in [0.2, 0.25) is 0 Å². The lowest BCUT2D eigenvalue weighted by Crippen LogP contribution is -2.22. The fraction of sp³-hybridized carbons (Fsp3) is 0.800. The Balaban J connectivity index is 2.68. The van der Waals surface area contributed by atoms with Crippen molar-refractivity contribution in [3.63, 3.8) is 0 Å². The van der Waals surface area contributed by atoms with Gasteiger partial charge in [-0.25, -0.2) is 0 Å². The molecule has 2 heteroatoms. The summed E-state index contributed by atoms with van der Waals surface area (Å²) in [7, 11) is 0. The average Bonchev–Trinajstić information content (AvgIpc) is 1.61. The van der Waals surface area contributed by atoms with Crippen molar-refractivity contribution in [1.29, 1.82) is 0 Å². The first-order valence-corrected chi connectivity index (χ1v) is 2.47. The molecule has 43 valence electrons. The van der Waals surface area contributed by atoms with Crippen LogP contribution in [0.3, 0.4) is 0 Å². The molecule has 7 heavy (non-hydrogen) atoms. The lowest BCUT2D eigenvalue weighted by Gasteiger charge is -2.04. The molecule has 0 fully saturated rings. The van der Waals surface area contributed by atoms with Crippen molar-refractivity contribution < 1.29 is 4.84 Å². The fourth-order valence-electron chi connectivity index (χ4n) is 0.226. The van der Waals surface area contributed by atoms with Crippen LogP contribution in [0.4, 0.5) is 0 Å². The zero-order chi connectivity index (χ0) is 5.70. The third-order valence-electron chi connectivity index (χ3n) is 0.429. The molecular formula is C5H12NO. The third-order valence-corrected chi connectivity index (χ3v) is 0.429. The van der Waals surface area contributed by atoms with Gasteiger partial charge >= 0.3 is 0 Å². The van der Waals surface area contributed by atoms with E-state index in [1.54, 1.807) is 0 Å². The van der Waals surface area contributed by atoms with Gasteiger partial charge < -0.3 is 4.84 Å². The summed E-state index contributed by atoms with van der Waals surface area (Å²) < 4.78 is 0. The Hall–Kier alpha value is -0.0800. The molecule has 0 aromatic rings. The first-order chi connectivity index (χ1) is 3.27. The minimum Gasteiger partial charge on any atom is -0.302 e. The Kier molecular flexibility index (Phi) is 4.04. The SMILES string of the molecule is [CH2]C(C)NOCC. The number of hydrogen-bond acceptors (Lipinski definition) is 2. The highest BCUT2D eigenvalue weighted by Gasteiger charge is 1.85. The molecule has 2 nitrogen and oxygen atoms in total. The van der Waals surface area contributed by atoms with E-state index in [0.29, 0.717) is 6.61 Å². The summed E-state index contributed by atoms with van der Waals surface area (Å²) in [6.45, 7) is 8.19. The van der Waals surface area contributed by atoms with Gasteiger partial charge in [-0.3, -0.25) is 0 Å². The molecule has 1 atom stereocenters. The van der Waals surface area contributed by atoms with Crippen LogP contribution in [0.5, 0.6) is 0 Å². The monoisotopic (exact) mass is 102 g/mol. The second-order valence-corrected chi connectivity index (χ2v) is 1.45. The number of hydrogen-bond donors (Lipinski definition) is 1. The zero-order valence-corrected chi connectivity index (χ0v) is 4.90. The largest absolute Gasteiger partial charge is 0.302 e. The normalized spacial score (nSPS) is 10.3. The maximum absolute atomic E-state index is 4.78. The summed E-state index contributed by atoms with van der Waals surface area (Å²) in [5.74, 6) is 0. The van der Waals surface area contributed by atoms with Crippen LogP contribution in [-0.4, -0.2) is 12.6 Å². The van der Waals surface area contributed by atoms with Gasteiger partial charge in [-0.15, -0.1) is 0 Å². The smallest absolute Gasteiger partial charge is 0.0654 e. The molecule has 0 aliphatic rings. The van der Waals surface area contributed by atoms with Crippen molar-refractivity contribution in [3.8, 4) is 0 Å². The molecule has 0 heterocycles. The fourth-order valence-corrected chi connectivity index (χ4v) is 0.226. The maximum atomic E-state index is 4.78. The Bertz CT molecular complexity index is 37.1. The number of rotatable bonds is 3. The van der Waals surface area contributed by atoms with Gasteiger partial charge in [-0.05, 0) is 20.8 Å². The van der Waals surface area contributed by atoms with E-state index in [9.17, 15) is 0 Å². The van der Waals surface area contributed by atoms with Gasteiger partial charge in [0.1, 0.15) is 0 Å². The van der Waals surface area contributed by atoms with E-state index in [1.807, 2.05) is 13.8 Å². The second kappa shape index (κ2) is 4.09. The predicted octanol–water partition coefficient (Wildman–Crippen LogP) is 0.750. The van der Waals surface area contributed by atoms with Crippen LogP contribution >= 0.6 is 0 Å². The van der Waals surface area contributed by atoms with Crippen molar-refractivity contribution >= 4 is 0 Å². The van der Waals surface area contributed by atoms with E-state index in [0.717, 1.165) is 0 Å². The average molecular weight is 102 g/mol. The van der Waals surface area contributed by atoms with Gasteiger partial charge in [0.05, 0.1) is 6.61 Å². The van der Waals surface area contributed by atoms with Crippen molar-refractivity contribution in [2.45, 2.75) is 19.9 Å². The van der Waals surface area contributed by atoms with Crippen LogP contribution in [0, 0.1) is 6.92 Å². The van der Waals surface area contributed by atoms with Crippen LogP contribution in [0.2, 0.25) is 0 Å². The minimum atomic E-state index is 0.181. The molecule has 0 aromatic carbocycles. The summed E-state index contributed by atoms with van der Waals surface area (Å²) in [4.78, 5) is 4.78. The lowest BCUT2D eigenvalue weighted by atomic mass is 10.4. The lowest BCUT2D eigenvalue weighted by molar-refractivity contribution is 0.0386. The van der Waals surface area contributed by atoms with Crippen molar-refractivity contribution in [1.82, 2.24) is 5.48 Å². The molecule has 0 saturated carbocycles. The third kappa shape index (κ3) is 5.92. The topological polar surface area (TPSA) is 21.3 Å². The minimum absolute atomic E-state index is 0.181. The predicted molar refractivity (Wildman–Crippen MR) is 29.6 cm³/mol. The van der Waals surface area contributed by atoms with E-state index in [2.05, 4.69) is 12.4 Å². The zero-order valence-electron chi connectivity index (χ0n) is 4.90. The number of nitrogens with one attached hydrogen (secondary N) is 1. The van der Waals surface area contributed by atoms with E-state index >= 15 is 0 Å². The Morgan fingerprint density at radius 2 is 2.43 bits per heavy atom. The molecule has 1 unspecified atom stereocenters. The maximum Gasteiger partial charge on any atom is 0.0654 e. The quantitative estimate of drug-likeness (QED) is 0.531. The summed E-state index contributed by atoms with van der Waals surface area (Å²) in [5, 5.41) is 0. The first kappa shape index (κ1) is 6.92. The van der Waals surface area contributed by atoms with Crippen molar-refractivity contribution in [2.24, 2.45) is 0 Å². The Labute approximate surface area is 44.8 Å². The molecule has 1 radical (unpaired) electrons. The molecule has 0 bridgehead atoms. The number of hydroxylamine groups is 1. The molecule has 0 aliphatic heterocycles. The molecule has 0 aliphatic carbocycles. The highest BCUT2D eigenvalue weighted by Crippen LogP contribution is 1.73. The summed E-state index contributed by atoms with van der Waals surface area (Å²) >= 11 is 0. The highest BCUT2D eigenvalue weighted by molar-refractivity contribution is 4.52. The van der Waals surface area contributed by atoms with Crippen molar-refractivity contribution in [3.05, 3.63) is 6.92 Å². The van der Waals surface area contributed by atoms with E-state index in [4.69, 9.17) is 4.84 Å². The van der Waals surface area contributed by atoms with Crippen LogP contribution in [-0.2, 0) is 4.84 Å². The van der Waals surface area contributed by atoms with Gasteiger partial charge in [0.25, 0.3) is 0 Å². The molecule has 0 aromatic heterocycles. The van der Waals surface area contributed by atoms with Crippen LogP contribution in [0.15, 0.2) is 0 Å². The van der Waals surface area contributed by atoms with Crippen LogP contribution in [0.1, 0.15) is 13.8 Å². The van der Waals surface area contributed by atoms with E-state index in [-0.39, 0.29) is 6.04 Å². The van der Waals surface area contributed by atoms with Gasteiger partial charge in [-0.1, -0.05) is 0 Å². The standard InChI is InChI=1S/C5H12NO/c1-4-7-6-5(2)3/h5-6H,2,4H2,1,3H3. The first-order valence-electron chi connectivity index (χ1n) is 2.47. The highest BCUT2D eigenvalue weighted by atomic mass is 16.6.